The van der Waals surface area contributed by atoms with Crippen molar-refractivity contribution in [2.75, 3.05) is 0 Å². The molecule has 0 aliphatic heterocycles. The van der Waals surface area contributed by atoms with Gasteiger partial charge in [0.25, 0.3) is 0 Å². The third kappa shape index (κ3) is 1.60. The molecule has 0 fully saturated rings. The van der Waals surface area contributed by atoms with Crippen molar-refractivity contribution in [2.24, 2.45) is 7.05 Å². The Morgan fingerprint density at radius 2 is 2.22 bits per heavy atom. The van der Waals surface area contributed by atoms with Gasteiger partial charge in [-0.25, -0.2) is 0 Å². The highest BCUT2D eigenvalue weighted by Crippen LogP contribution is 2.38. The fourth-order valence-electron chi connectivity index (χ4n) is 1.96. The zero-order valence-electron chi connectivity index (χ0n) is 9.51. The van der Waals surface area contributed by atoms with E-state index >= 15 is 0 Å². The third-order valence-corrected chi connectivity index (χ3v) is 4.23. The molecule has 2 aromatic heterocycles. The van der Waals surface area contributed by atoms with Gasteiger partial charge >= 0.3 is 0 Å². The molecule has 0 aliphatic rings. The highest BCUT2D eigenvalue weighted by molar-refractivity contribution is 7.22. The van der Waals surface area contributed by atoms with Gasteiger partial charge in [0, 0.05) is 28.4 Å². The van der Waals surface area contributed by atoms with Crippen molar-refractivity contribution in [3.63, 3.8) is 0 Å². The lowest BCUT2D eigenvalue weighted by Crippen LogP contribution is -1.92. The summed E-state index contributed by atoms with van der Waals surface area (Å²) in [4.78, 5) is 0.940. The maximum atomic E-state index is 9.36. The summed E-state index contributed by atoms with van der Waals surface area (Å²) in [5, 5.41) is 15.1. The minimum Gasteiger partial charge on any atom is -0.267 e. The van der Waals surface area contributed by atoms with Crippen LogP contribution in [0.4, 0.5) is 0 Å². The van der Waals surface area contributed by atoms with Crippen molar-refractivity contribution >= 4 is 33.0 Å². The first-order chi connectivity index (χ1) is 8.70. The number of aromatic nitrogens is 2. The summed E-state index contributed by atoms with van der Waals surface area (Å²) in [6, 6.07) is 9.79. The molecule has 18 heavy (non-hydrogen) atoms. The summed E-state index contributed by atoms with van der Waals surface area (Å²) in [5.41, 5.74) is 1.64. The van der Waals surface area contributed by atoms with Crippen LogP contribution in [0, 0.1) is 11.3 Å². The summed E-state index contributed by atoms with van der Waals surface area (Å²) in [6.07, 6.45) is 1.73. The van der Waals surface area contributed by atoms with Crippen LogP contribution < -0.4 is 0 Å². The third-order valence-electron chi connectivity index (χ3n) is 2.82. The molecule has 5 heteroatoms. The van der Waals surface area contributed by atoms with Crippen LogP contribution in [0.1, 0.15) is 5.56 Å². The zero-order chi connectivity index (χ0) is 12.7. The van der Waals surface area contributed by atoms with Crippen LogP contribution in [0.5, 0.6) is 0 Å². The Kier molecular flexibility index (Phi) is 2.58. The standard InChI is InChI=1S/C13H8ClN3S/c1-17-11(4-5-16-17)13-10(7-15)9-3-2-8(14)6-12(9)18-13/h2-6H,1H3. The van der Waals surface area contributed by atoms with Gasteiger partial charge in [-0.3, -0.25) is 4.68 Å². The summed E-state index contributed by atoms with van der Waals surface area (Å²) < 4.78 is 2.79. The SMILES string of the molecule is Cn1nccc1-c1sc2cc(Cl)ccc2c1C#N. The van der Waals surface area contributed by atoms with Crippen LogP contribution in [0.3, 0.4) is 0 Å². The number of hydrogen-bond acceptors (Lipinski definition) is 3. The summed E-state index contributed by atoms with van der Waals surface area (Å²) in [7, 11) is 1.87. The fourth-order valence-corrected chi connectivity index (χ4v) is 3.44. The van der Waals surface area contributed by atoms with Gasteiger partial charge in [-0.2, -0.15) is 10.4 Å². The van der Waals surface area contributed by atoms with E-state index in [4.69, 9.17) is 11.6 Å². The molecular formula is C13H8ClN3S. The minimum absolute atomic E-state index is 0.685. The van der Waals surface area contributed by atoms with Crippen LogP contribution >= 0.6 is 22.9 Å². The lowest BCUT2D eigenvalue weighted by Gasteiger charge is -1.98. The van der Waals surface area contributed by atoms with Crippen molar-refractivity contribution < 1.29 is 0 Å². The molecule has 0 amide bonds. The van der Waals surface area contributed by atoms with Gasteiger partial charge in [0.2, 0.25) is 0 Å². The number of fused-ring (bicyclic) bond motifs is 1. The van der Waals surface area contributed by atoms with Crippen LogP contribution in [0.15, 0.2) is 30.5 Å². The molecule has 0 bridgehead atoms. The highest BCUT2D eigenvalue weighted by Gasteiger charge is 2.15. The molecule has 0 saturated carbocycles. The van der Waals surface area contributed by atoms with Crippen LogP contribution in [0.2, 0.25) is 5.02 Å². The summed E-state index contributed by atoms with van der Waals surface area (Å²) in [5.74, 6) is 0. The lowest BCUT2D eigenvalue weighted by molar-refractivity contribution is 0.777. The number of hydrogen-bond donors (Lipinski definition) is 0. The van der Waals surface area contributed by atoms with E-state index in [0.717, 1.165) is 20.7 Å². The van der Waals surface area contributed by atoms with Crippen LogP contribution in [0.25, 0.3) is 20.7 Å². The normalized spacial score (nSPS) is 10.7. The van der Waals surface area contributed by atoms with E-state index in [-0.39, 0.29) is 0 Å². The van der Waals surface area contributed by atoms with E-state index in [9.17, 15) is 5.26 Å². The molecule has 0 atom stereocenters. The van der Waals surface area contributed by atoms with E-state index in [1.165, 1.54) is 0 Å². The topological polar surface area (TPSA) is 41.6 Å². The van der Waals surface area contributed by atoms with Gasteiger partial charge < -0.3 is 0 Å². The van der Waals surface area contributed by atoms with Crippen molar-refractivity contribution in [1.29, 1.82) is 5.26 Å². The summed E-state index contributed by atoms with van der Waals surface area (Å²) in [6.45, 7) is 0. The van der Waals surface area contributed by atoms with Gasteiger partial charge in [0.1, 0.15) is 6.07 Å². The number of halogens is 1. The van der Waals surface area contributed by atoms with Crippen molar-refractivity contribution in [1.82, 2.24) is 9.78 Å². The van der Waals surface area contributed by atoms with Gasteiger partial charge in [0.15, 0.2) is 0 Å². The molecule has 1 aromatic carbocycles. The molecule has 0 aliphatic carbocycles. The molecule has 88 valence electrons. The Morgan fingerprint density at radius 3 is 2.89 bits per heavy atom. The highest BCUT2D eigenvalue weighted by atomic mass is 35.5. The Labute approximate surface area is 113 Å². The molecule has 3 nitrogen and oxygen atoms in total. The minimum atomic E-state index is 0.685. The Hall–Kier alpha value is -1.83. The second kappa shape index (κ2) is 4.13. The smallest absolute Gasteiger partial charge is 0.101 e. The zero-order valence-corrected chi connectivity index (χ0v) is 11.1. The number of benzene rings is 1. The van der Waals surface area contributed by atoms with E-state index in [2.05, 4.69) is 11.2 Å². The predicted molar refractivity (Wildman–Crippen MR) is 73.8 cm³/mol. The lowest BCUT2D eigenvalue weighted by atomic mass is 10.1. The average molecular weight is 274 g/mol. The largest absolute Gasteiger partial charge is 0.267 e. The van der Waals surface area contributed by atoms with E-state index in [0.29, 0.717) is 10.6 Å². The number of nitrogens with zero attached hydrogens (tertiary/aromatic N) is 3. The van der Waals surface area contributed by atoms with Gasteiger partial charge in [-0.05, 0) is 18.2 Å². The van der Waals surface area contributed by atoms with Crippen molar-refractivity contribution in [2.45, 2.75) is 0 Å². The Bertz CT molecular complexity index is 779. The second-order valence-corrected chi connectivity index (χ2v) is 5.39. The molecule has 3 aromatic rings. The number of rotatable bonds is 1. The molecule has 3 rings (SSSR count). The Balaban J connectivity index is 2.37. The average Bonchev–Trinajstić information content (AvgIpc) is 2.91. The van der Waals surface area contributed by atoms with E-state index in [1.807, 2.05) is 31.3 Å². The quantitative estimate of drug-likeness (QED) is 0.676. The number of aryl methyl sites for hydroxylation is 1. The maximum Gasteiger partial charge on any atom is 0.101 e. The molecule has 0 saturated heterocycles. The molecule has 0 radical (unpaired) electrons. The first kappa shape index (κ1) is 11.3. The van der Waals surface area contributed by atoms with Crippen molar-refractivity contribution in [3.05, 3.63) is 41.0 Å². The van der Waals surface area contributed by atoms with Gasteiger partial charge in [-0.1, -0.05) is 17.7 Å². The van der Waals surface area contributed by atoms with Gasteiger partial charge in [-0.15, -0.1) is 11.3 Å². The number of nitriles is 1. The first-order valence-electron chi connectivity index (χ1n) is 5.31. The Morgan fingerprint density at radius 1 is 1.39 bits per heavy atom. The van der Waals surface area contributed by atoms with E-state index < -0.39 is 0 Å². The number of thiophene rings is 1. The second-order valence-electron chi connectivity index (χ2n) is 3.90. The fraction of sp³-hybridized carbons (Fsp3) is 0.0769. The van der Waals surface area contributed by atoms with Gasteiger partial charge in [0.05, 0.1) is 16.1 Å². The molecular weight excluding hydrogens is 266 g/mol. The monoisotopic (exact) mass is 273 g/mol. The summed E-state index contributed by atoms with van der Waals surface area (Å²) >= 11 is 7.55. The van der Waals surface area contributed by atoms with E-state index in [1.54, 1.807) is 22.2 Å². The maximum absolute atomic E-state index is 9.36. The molecule has 0 unspecified atom stereocenters. The molecule has 0 N–H and O–H groups in total. The van der Waals surface area contributed by atoms with Crippen LogP contribution in [-0.2, 0) is 7.05 Å². The van der Waals surface area contributed by atoms with Crippen molar-refractivity contribution in [3.8, 4) is 16.6 Å². The predicted octanol–water partition coefficient (Wildman–Crippen LogP) is 3.83. The molecule has 2 heterocycles. The molecule has 0 spiro atoms. The van der Waals surface area contributed by atoms with Crippen LogP contribution in [-0.4, -0.2) is 9.78 Å². The first-order valence-corrected chi connectivity index (χ1v) is 6.50.